The van der Waals surface area contributed by atoms with Gasteiger partial charge >= 0.3 is 0 Å². The van der Waals surface area contributed by atoms with E-state index in [4.69, 9.17) is 0 Å². The van der Waals surface area contributed by atoms with Gasteiger partial charge in [0.05, 0.1) is 4.47 Å². The van der Waals surface area contributed by atoms with Crippen molar-refractivity contribution in [2.45, 2.75) is 51.5 Å². The van der Waals surface area contributed by atoms with Crippen molar-refractivity contribution in [1.29, 1.82) is 0 Å². The van der Waals surface area contributed by atoms with Crippen molar-refractivity contribution in [3.05, 3.63) is 34.1 Å². The smallest absolute Gasteiger partial charge is 0.137 e. The molecule has 1 nitrogen and oxygen atoms in total. The SMILES string of the molecule is CCCNC(CC1CC2CCC1C2)c1cccc(F)c1Br. The maximum absolute atomic E-state index is 13.9. The molecule has 0 spiro atoms. The van der Waals surface area contributed by atoms with Crippen LogP contribution in [0.1, 0.15) is 57.1 Å². The third-order valence-corrected chi connectivity index (χ3v) is 6.26. The number of rotatable bonds is 6. The van der Waals surface area contributed by atoms with E-state index < -0.39 is 0 Å². The van der Waals surface area contributed by atoms with E-state index in [1.165, 1.54) is 31.7 Å². The lowest BCUT2D eigenvalue weighted by atomic mass is 9.82. The van der Waals surface area contributed by atoms with Crippen LogP contribution >= 0.6 is 15.9 Å². The van der Waals surface area contributed by atoms with Crippen LogP contribution in [0.15, 0.2) is 22.7 Å². The van der Waals surface area contributed by atoms with Gasteiger partial charge in [0.25, 0.3) is 0 Å². The van der Waals surface area contributed by atoms with Crippen molar-refractivity contribution in [2.24, 2.45) is 17.8 Å². The Morgan fingerprint density at radius 2 is 2.19 bits per heavy atom. The molecule has 0 aliphatic heterocycles. The summed E-state index contributed by atoms with van der Waals surface area (Å²) in [4.78, 5) is 0. The van der Waals surface area contributed by atoms with Crippen LogP contribution in [-0.4, -0.2) is 6.54 Å². The number of nitrogens with one attached hydrogen (secondary N) is 1. The Labute approximate surface area is 135 Å². The van der Waals surface area contributed by atoms with E-state index in [0.29, 0.717) is 4.47 Å². The first-order chi connectivity index (χ1) is 10.2. The minimum Gasteiger partial charge on any atom is -0.310 e. The number of hydrogen-bond acceptors (Lipinski definition) is 1. The molecule has 116 valence electrons. The topological polar surface area (TPSA) is 12.0 Å². The highest BCUT2D eigenvalue weighted by Gasteiger charge is 2.40. The second kappa shape index (κ2) is 6.78. The van der Waals surface area contributed by atoms with E-state index in [-0.39, 0.29) is 11.9 Å². The fraction of sp³-hybridized carbons (Fsp3) is 0.667. The highest BCUT2D eigenvalue weighted by Crippen LogP contribution is 2.51. The van der Waals surface area contributed by atoms with Crippen LogP contribution in [0, 0.1) is 23.6 Å². The van der Waals surface area contributed by atoms with Gasteiger partial charge in [0, 0.05) is 6.04 Å². The first-order valence-corrected chi connectivity index (χ1v) is 9.15. The largest absolute Gasteiger partial charge is 0.310 e. The molecule has 3 rings (SSSR count). The van der Waals surface area contributed by atoms with E-state index in [0.717, 1.165) is 42.7 Å². The Kier molecular flexibility index (Phi) is 5.00. The summed E-state index contributed by atoms with van der Waals surface area (Å²) in [5.74, 6) is 2.58. The highest BCUT2D eigenvalue weighted by molar-refractivity contribution is 9.10. The second-order valence-electron chi connectivity index (χ2n) is 6.82. The van der Waals surface area contributed by atoms with Gasteiger partial charge in [0.1, 0.15) is 5.82 Å². The van der Waals surface area contributed by atoms with E-state index in [1.807, 2.05) is 6.07 Å². The lowest BCUT2D eigenvalue weighted by molar-refractivity contribution is 0.278. The molecule has 2 aliphatic rings. The molecule has 0 aromatic heterocycles. The van der Waals surface area contributed by atoms with E-state index in [1.54, 1.807) is 0 Å². The van der Waals surface area contributed by atoms with Gasteiger partial charge in [-0.1, -0.05) is 25.5 Å². The van der Waals surface area contributed by atoms with Crippen LogP contribution in [0.4, 0.5) is 4.39 Å². The average molecular weight is 354 g/mol. The van der Waals surface area contributed by atoms with Crippen molar-refractivity contribution >= 4 is 15.9 Å². The molecule has 1 aromatic rings. The summed E-state index contributed by atoms with van der Waals surface area (Å²) in [7, 11) is 0. The summed E-state index contributed by atoms with van der Waals surface area (Å²) >= 11 is 3.45. The molecular formula is C18H25BrFN. The average Bonchev–Trinajstić information content (AvgIpc) is 3.09. The number of halogens is 2. The molecule has 4 atom stereocenters. The fourth-order valence-corrected chi connectivity index (χ4v) is 4.94. The molecule has 2 fully saturated rings. The van der Waals surface area contributed by atoms with Gasteiger partial charge < -0.3 is 5.32 Å². The maximum Gasteiger partial charge on any atom is 0.137 e. The maximum atomic E-state index is 13.9. The second-order valence-corrected chi connectivity index (χ2v) is 7.61. The summed E-state index contributed by atoms with van der Waals surface area (Å²) in [5.41, 5.74) is 1.09. The Morgan fingerprint density at radius 1 is 1.33 bits per heavy atom. The monoisotopic (exact) mass is 353 g/mol. The van der Waals surface area contributed by atoms with Gasteiger partial charge in [-0.05, 0) is 84.0 Å². The van der Waals surface area contributed by atoms with Gasteiger partial charge in [0.2, 0.25) is 0 Å². The van der Waals surface area contributed by atoms with E-state index in [2.05, 4.69) is 34.2 Å². The van der Waals surface area contributed by atoms with Gasteiger partial charge in [-0.2, -0.15) is 0 Å². The lowest BCUT2D eigenvalue weighted by Gasteiger charge is -2.28. The summed E-state index contributed by atoms with van der Waals surface area (Å²) in [5, 5.41) is 3.64. The zero-order chi connectivity index (χ0) is 14.8. The number of fused-ring (bicyclic) bond motifs is 2. The summed E-state index contributed by atoms with van der Waals surface area (Å²) < 4.78 is 14.5. The molecule has 0 saturated heterocycles. The summed E-state index contributed by atoms with van der Waals surface area (Å²) in [6.07, 6.45) is 7.96. The van der Waals surface area contributed by atoms with Crippen molar-refractivity contribution < 1.29 is 4.39 Å². The zero-order valence-electron chi connectivity index (χ0n) is 12.7. The molecule has 21 heavy (non-hydrogen) atoms. The van der Waals surface area contributed by atoms with Crippen LogP contribution in [0.3, 0.4) is 0 Å². The molecule has 2 saturated carbocycles. The molecule has 1 aromatic carbocycles. The van der Waals surface area contributed by atoms with Gasteiger partial charge in [-0.25, -0.2) is 4.39 Å². The minimum absolute atomic E-state index is 0.149. The molecule has 2 aliphatic carbocycles. The van der Waals surface area contributed by atoms with E-state index in [9.17, 15) is 4.39 Å². The normalized spacial score (nSPS) is 29.0. The van der Waals surface area contributed by atoms with Crippen LogP contribution in [0.2, 0.25) is 0 Å². The van der Waals surface area contributed by atoms with Crippen LogP contribution in [0.25, 0.3) is 0 Å². The predicted octanol–water partition coefficient (Wildman–Crippen LogP) is 5.46. The lowest BCUT2D eigenvalue weighted by Crippen LogP contribution is -2.26. The van der Waals surface area contributed by atoms with Crippen LogP contribution in [-0.2, 0) is 0 Å². The van der Waals surface area contributed by atoms with Crippen LogP contribution < -0.4 is 5.32 Å². The first-order valence-electron chi connectivity index (χ1n) is 8.36. The molecule has 4 unspecified atom stereocenters. The Balaban J connectivity index is 1.75. The molecule has 2 bridgehead atoms. The van der Waals surface area contributed by atoms with Gasteiger partial charge in [0.15, 0.2) is 0 Å². The molecular weight excluding hydrogens is 329 g/mol. The number of hydrogen-bond donors (Lipinski definition) is 1. The Hall–Kier alpha value is -0.410. The zero-order valence-corrected chi connectivity index (χ0v) is 14.3. The van der Waals surface area contributed by atoms with Crippen molar-refractivity contribution in [2.75, 3.05) is 6.54 Å². The van der Waals surface area contributed by atoms with Gasteiger partial charge in [-0.15, -0.1) is 0 Å². The molecule has 1 N–H and O–H groups in total. The molecule has 3 heteroatoms. The van der Waals surface area contributed by atoms with Crippen molar-refractivity contribution in [3.63, 3.8) is 0 Å². The first kappa shape index (κ1) is 15.5. The van der Waals surface area contributed by atoms with Gasteiger partial charge in [-0.3, -0.25) is 0 Å². The third kappa shape index (κ3) is 3.34. The fourth-order valence-electron chi connectivity index (χ4n) is 4.40. The minimum atomic E-state index is -0.149. The van der Waals surface area contributed by atoms with Crippen molar-refractivity contribution in [1.82, 2.24) is 5.32 Å². The summed E-state index contributed by atoms with van der Waals surface area (Å²) in [6, 6.07) is 5.70. The predicted molar refractivity (Wildman–Crippen MR) is 88.7 cm³/mol. The van der Waals surface area contributed by atoms with Crippen LogP contribution in [0.5, 0.6) is 0 Å². The van der Waals surface area contributed by atoms with E-state index >= 15 is 0 Å². The van der Waals surface area contributed by atoms with Crippen molar-refractivity contribution in [3.8, 4) is 0 Å². The molecule has 0 radical (unpaired) electrons. The Morgan fingerprint density at radius 3 is 2.86 bits per heavy atom. The summed E-state index contributed by atoms with van der Waals surface area (Å²) in [6.45, 7) is 3.18. The third-order valence-electron chi connectivity index (χ3n) is 5.42. The molecule has 0 heterocycles. The number of benzene rings is 1. The quantitative estimate of drug-likeness (QED) is 0.716. The highest BCUT2D eigenvalue weighted by atomic mass is 79.9. The standard InChI is InChI=1S/C18H25BrFN/c1-2-8-21-17(15-4-3-5-16(20)18(15)19)11-14-10-12-6-7-13(14)9-12/h3-5,12-14,17,21H,2,6-11H2,1H3. The Bertz CT molecular complexity index is 490. The molecule has 0 amide bonds.